The van der Waals surface area contributed by atoms with Gasteiger partial charge in [-0.15, -0.1) is 0 Å². The summed E-state index contributed by atoms with van der Waals surface area (Å²) in [5.41, 5.74) is 0.596. The molecule has 0 aromatic rings. The summed E-state index contributed by atoms with van der Waals surface area (Å²) in [6.07, 6.45) is 5.78. The molecule has 1 saturated heterocycles. The van der Waals surface area contributed by atoms with Crippen LogP contribution in [0.2, 0.25) is 0 Å². The Kier molecular flexibility index (Phi) is 2.61. The van der Waals surface area contributed by atoms with Gasteiger partial charge in [0.25, 0.3) is 0 Å². The molecule has 2 heteroatoms. The molecule has 1 heterocycles. The van der Waals surface area contributed by atoms with Crippen LogP contribution in [0.1, 0.15) is 39.5 Å². The fourth-order valence-corrected chi connectivity index (χ4v) is 1.99. The Morgan fingerprint density at radius 1 is 1.54 bits per heavy atom. The zero-order chi connectivity index (χ0) is 9.31. The average molecular weight is 183 g/mol. The zero-order valence-electron chi connectivity index (χ0n) is 8.81. The van der Waals surface area contributed by atoms with Crippen molar-refractivity contribution in [3.05, 3.63) is 0 Å². The van der Waals surface area contributed by atoms with Crippen molar-refractivity contribution in [3.63, 3.8) is 0 Å². The Morgan fingerprint density at radius 2 is 2.31 bits per heavy atom. The fraction of sp³-hybridized carbons (Fsp3) is 1.00. The first-order chi connectivity index (χ1) is 6.21. The van der Waals surface area contributed by atoms with E-state index in [9.17, 15) is 0 Å². The molecule has 0 spiro atoms. The largest absolute Gasteiger partial charge is 0.377 e. The fourth-order valence-electron chi connectivity index (χ4n) is 1.99. The molecular formula is C11H21NO. The summed E-state index contributed by atoms with van der Waals surface area (Å²) in [6.45, 7) is 6.71. The minimum Gasteiger partial charge on any atom is -0.377 e. The Bertz CT molecular complexity index is 171. The third-order valence-electron chi connectivity index (χ3n) is 3.76. The van der Waals surface area contributed by atoms with Gasteiger partial charge in [0, 0.05) is 19.2 Å². The minimum atomic E-state index is 0.491. The molecule has 1 N–H and O–H groups in total. The van der Waals surface area contributed by atoms with Crippen LogP contribution < -0.4 is 5.32 Å². The van der Waals surface area contributed by atoms with Gasteiger partial charge in [-0.1, -0.05) is 6.92 Å². The van der Waals surface area contributed by atoms with Gasteiger partial charge in [0.2, 0.25) is 0 Å². The summed E-state index contributed by atoms with van der Waals surface area (Å²) in [4.78, 5) is 0. The molecule has 2 fully saturated rings. The van der Waals surface area contributed by atoms with Gasteiger partial charge in [-0.05, 0) is 38.0 Å². The molecule has 2 unspecified atom stereocenters. The van der Waals surface area contributed by atoms with Gasteiger partial charge < -0.3 is 10.1 Å². The predicted octanol–water partition coefficient (Wildman–Crippen LogP) is 1.94. The lowest BCUT2D eigenvalue weighted by atomic mass is 10.0. The van der Waals surface area contributed by atoms with Crippen molar-refractivity contribution in [2.45, 2.75) is 51.7 Å². The van der Waals surface area contributed by atoms with Crippen molar-refractivity contribution in [1.29, 1.82) is 0 Å². The van der Waals surface area contributed by atoms with E-state index in [1.54, 1.807) is 0 Å². The van der Waals surface area contributed by atoms with Crippen LogP contribution in [-0.2, 0) is 4.74 Å². The van der Waals surface area contributed by atoms with E-state index < -0.39 is 0 Å². The van der Waals surface area contributed by atoms with Crippen LogP contribution in [0.25, 0.3) is 0 Å². The van der Waals surface area contributed by atoms with Crippen molar-refractivity contribution in [2.75, 3.05) is 13.2 Å². The molecule has 2 aliphatic rings. The molecule has 0 amide bonds. The SMILES string of the molecule is CC(NCC1CCCO1)C1(C)CC1. The van der Waals surface area contributed by atoms with Gasteiger partial charge in [-0.2, -0.15) is 0 Å². The Labute approximate surface area is 81.0 Å². The highest BCUT2D eigenvalue weighted by atomic mass is 16.5. The summed E-state index contributed by atoms with van der Waals surface area (Å²) in [6, 6.07) is 0.664. The Morgan fingerprint density at radius 3 is 2.85 bits per heavy atom. The van der Waals surface area contributed by atoms with Gasteiger partial charge in [0.15, 0.2) is 0 Å². The summed E-state index contributed by atoms with van der Waals surface area (Å²) in [5, 5.41) is 3.60. The second-order valence-electron chi connectivity index (χ2n) is 4.92. The van der Waals surface area contributed by atoms with Crippen molar-refractivity contribution in [3.8, 4) is 0 Å². The summed E-state index contributed by atoms with van der Waals surface area (Å²) in [7, 11) is 0. The minimum absolute atomic E-state index is 0.491. The van der Waals surface area contributed by atoms with E-state index in [0.29, 0.717) is 17.6 Å². The number of hydrogen-bond acceptors (Lipinski definition) is 2. The van der Waals surface area contributed by atoms with E-state index in [4.69, 9.17) is 4.74 Å². The molecule has 2 nitrogen and oxygen atoms in total. The number of rotatable bonds is 4. The standard InChI is InChI=1S/C11H21NO/c1-9(11(2)5-6-11)12-8-10-4-3-7-13-10/h9-10,12H,3-8H2,1-2H3. The number of ether oxygens (including phenoxy) is 1. The molecule has 1 aliphatic carbocycles. The van der Waals surface area contributed by atoms with Crippen molar-refractivity contribution >= 4 is 0 Å². The van der Waals surface area contributed by atoms with E-state index in [0.717, 1.165) is 13.2 Å². The molecule has 0 radical (unpaired) electrons. The lowest BCUT2D eigenvalue weighted by Crippen LogP contribution is -2.38. The second-order valence-corrected chi connectivity index (χ2v) is 4.92. The topological polar surface area (TPSA) is 21.3 Å². The third-order valence-corrected chi connectivity index (χ3v) is 3.76. The lowest BCUT2D eigenvalue weighted by Gasteiger charge is -2.22. The van der Waals surface area contributed by atoms with Crippen LogP contribution >= 0.6 is 0 Å². The Hall–Kier alpha value is -0.0800. The van der Waals surface area contributed by atoms with Crippen LogP contribution in [0.4, 0.5) is 0 Å². The smallest absolute Gasteiger partial charge is 0.0700 e. The maximum Gasteiger partial charge on any atom is 0.0700 e. The normalized spacial score (nSPS) is 33.2. The molecule has 0 aromatic carbocycles. The van der Waals surface area contributed by atoms with Gasteiger partial charge in [0.1, 0.15) is 0 Å². The highest BCUT2D eigenvalue weighted by molar-refractivity contribution is 4.96. The summed E-state index contributed by atoms with van der Waals surface area (Å²) < 4.78 is 5.57. The van der Waals surface area contributed by atoms with Gasteiger partial charge in [0.05, 0.1) is 6.10 Å². The zero-order valence-corrected chi connectivity index (χ0v) is 8.81. The van der Waals surface area contributed by atoms with E-state index >= 15 is 0 Å². The highest BCUT2D eigenvalue weighted by Gasteiger charge is 2.42. The van der Waals surface area contributed by atoms with Gasteiger partial charge in [-0.25, -0.2) is 0 Å². The van der Waals surface area contributed by atoms with Crippen molar-refractivity contribution in [1.82, 2.24) is 5.32 Å². The summed E-state index contributed by atoms with van der Waals surface area (Å²) in [5.74, 6) is 0. The molecular weight excluding hydrogens is 162 g/mol. The molecule has 1 aliphatic heterocycles. The van der Waals surface area contributed by atoms with Crippen molar-refractivity contribution < 1.29 is 4.74 Å². The first kappa shape index (κ1) is 9.47. The molecule has 0 aromatic heterocycles. The highest BCUT2D eigenvalue weighted by Crippen LogP contribution is 2.47. The Balaban J connectivity index is 1.66. The van der Waals surface area contributed by atoms with Crippen LogP contribution in [-0.4, -0.2) is 25.3 Å². The molecule has 0 bridgehead atoms. The maximum absolute atomic E-state index is 5.57. The van der Waals surface area contributed by atoms with Crippen LogP contribution in [0, 0.1) is 5.41 Å². The van der Waals surface area contributed by atoms with Crippen molar-refractivity contribution in [2.24, 2.45) is 5.41 Å². The van der Waals surface area contributed by atoms with Crippen LogP contribution in [0.3, 0.4) is 0 Å². The van der Waals surface area contributed by atoms with Gasteiger partial charge >= 0.3 is 0 Å². The summed E-state index contributed by atoms with van der Waals surface area (Å²) >= 11 is 0. The molecule has 76 valence electrons. The number of nitrogens with one attached hydrogen (secondary N) is 1. The average Bonchev–Trinajstić information content (AvgIpc) is 2.70. The second kappa shape index (κ2) is 3.58. The predicted molar refractivity (Wildman–Crippen MR) is 53.8 cm³/mol. The lowest BCUT2D eigenvalue weighted by molar-refractivity contribution is 0.105. The first-order valence-corrected chi connectivity index (χ1v) is 5.56. The molecule has 13 heavy (non-hydrogen) atoms. The molecule has 1 saturated carbocycles. The van der Waals surface area contributed by atoms with Crippen LogP contribution in [0.5, 0.6) is 0 Å². The first-order valence-electron chi connectivity index (χ1n) is 5.56. The van der Waals surface area contributed by atoms with Gasteiger partial charge in [-0.3, -0.25) is 0 Å². The third kappa shape index (κ3) is 2.23. The maximum atomic E-state index is 5.57. The molecule has 2 atom stereocenters. The monoisotopic (exact) mass is 183 g/mol. The quantitative estimate of drug-likeness (QED) is 0.719. The number of hydrogen-bond donors (Lipinski definition) is 1. The molecule has 2 rings (SSSR count). The van der Waals surface area contributed by atoms with E-state index in [-0.39, 0.29) is 0 Å². The van der Waals surface area contributed by atoms with E-state index in [1.807, 2.05) is 0 Å². The van der Waals surface area contributed by atoms with E-state index in [1.165, 1.54) is 25.7 Å². The van der Waals surface area contributed by atoms with Crippen LogP contribution in [0.15, 0.2) is 0 Å². The van der Waals surface area contributed by atoms with E-state index in [2.05, 4.69) is 19.2 Å².